The van der Waals surface area contributed by atoms with Crippen LogP contribution >= 0.6 is 11.8 Å². The molecule has 19 heavy (non-hydrogen) atoms. The highest BCUT2D eigenvalue weighted by atomic mass is 32.2. The van der Waals surface area contributed by atoms with Crippen LogP contribution in [0.1, 0.15) is 20.3 Å². The monoisotopic (exact) mass is 281 g/mol. The van der Waals surface area contributed by atoms with Crippen LogP contribution in [-0.4, -0.2) is 32.1 Å². The number of hydrogen-bond acceptors (Lipinski definition) is 4. The van der Waals surface area contributed by atoms with E-state index < -0.39 is 0 Å². The number of hydrogen-bond donors (Lipinski definition) is 1. The zero-order valence-electron chi connectivity index (χ0n) is 11.8. The molecular formula is C15H23NO2S. The van der Waals surface area contributed by atoms with E-state index in [1.807, 2.05) is 17.8 Å². The fraction of sp³-hybridized carbons (Fsp3) is 0.600. The van der Waals surface area contributed by atoms with Crippen molar-refractivity contribution in [3.8, 4) is 11.5 Å². The predicted molar refractivity (Wildman–Crippen MR) is 80.5 cm³/mol. The summed E-state index contributed by atoms with van der Waals surface area (Å²) in [7, 11) is 0. The van der Waals surface area contributed by atoms with Gasteiger partial charge in [-0.05, 0) is 37.1 Å². The molecule has 0 fully saturated rings. The number of benzene rings is 1. The maximum absolute atomic E-state index is 5.58. The molecule has 0 aliphatic carbocycles. The van der Waals surface area contributed by atoms with Gasteiger partial charge in [0.2, 0.25) is 0 Å². The SMILES string of the molecule is CC(C)CCNCCSc1ccc2c(c1)OCCO2. The van der Waals surface area contributed by atoms with E-state index in [-0.39, 0.29) is 0 Å². The van der Waals surface area contributed by atoms with Gasteiger partial charge in [0.25, 0.3) is 0 Å². The van der Waals surface area contributed by atoms with Crippen molar-refractivity contribution in [3.05, 3.63) is 18.2 Å². The molecule has 0 atom stereocenters. The Morgan fingerprint density at radius 3 is 2.74 bits per heavy atom. The van der Waals surface area contributed by atoms with Gasteiger partial charge in [0.1, 0.15) is 13.2 Å². The normalized spacial score (nSPS) is 13.8. The molecule has 0 amide bonds. The van der Waals surface area contributed by atoms with Crippen molar-refractivity contribution in [2.24, 2.45) is 5.92 Å². The molecule has 0 unspecified atom stereocenters. The number of thioether (sulfide) groups is 1. The van der Waals surface area contributed by atoms with Crippen molar-refractivity contribution in [2.45, 2.75) is 25.2 Å². The number of nitrogens with one attached hydrogen (secondary N) is 1. The van der Waals surface area contributed by atoms with E-state index >= 15 is 0 Å². The molecule has 4 heteroatoms. The first-order valence-electron chi connectivity index (χ1n) is 6.99. The molecule has 1 aliphatic heterocycles. The largest absolute Gasteiger partial charge is 0.486 e. The maximum atomic E-state index is 5.58. The summed E-state index contributed by atoms with van der Waals surface area (Å²) in [5.41, 5.74) is 0. The molecular weight excluding hydrogens is 258 g/mol. The van der Waals surface area contributed by atoms with Gasteiger partial charge in [-0.15, -0.1) is 11.8 Å². The van der Waals surface area contributed by atoms with Crippen molar-refractivity contribution in [3.63, 3.8) is 0 Å². The minimum Gasteiger partial charge on any atom is -0.486 e. The van der Waals surface area contributed by atoms with E-state index in [0.29, 0.717) is 13.2 Å². The van der Waals surface area contributed by atoms with Crippen LogP contribution in [-0.2, 0) is 0 Å². The summed E-state index contributed by atoms with van der Waals surface area (Å²) in [4.78, 5) is 1.25. The third-order valence-corrected chi connectivity index (χ3v) is 3.96. The van der Waals surface area contributed by atoms with Crippen LogP contribution in [0, 0.1) is 5.92 Å². The van der Waals surface area contributed by atoms with E-state index in [2.05, 4.69) is 31.3 Å². The molecule has 1 aliphatic rings. The number of fused-ring (bicyclic) bond motifs is 1. The van der Waals surface area contributed by atoms with Gasteiger partial charge in [-0.1, -0.05) is 13.8 Å². The smallest absolute Gasteiger partial charge is 0.162 e. The fourth-order valence-corrected chi connectivity index (χ4v) is 2.71. The van der Waals surface area contributed by atoms with Gasteiger partial charge < -0.3 is 14.8 Å². The Morgan fingerprint density at radius 1 is 1.16 bits per heavy atom. The molecule has 0 saturated heterocycles. The lowest BCUT2D eigenvalue weighted by molar-refractivity contribution is 0.171. The highest BCUT2D eigenvalue weighted by Crippen LogP contribution is 2.33. The zero-order chi connectivity index (χ0) is 13.5. The highest BCUT2D eigenvalue weighted by Gasteiger charge is 2.11. The summed E-state index contributed by atoms with van der Waals surface area (Å²) in [6.07, 6.45) is 1.24. The third-order valence-electron chi connectivity index (χ3n) is 2.96. The van der Waals surface area contributed by atoms with Crippen LogP contribution in [0.4, 0.5) is 0 Å². The number of rotatable bonds is 7. The van der Waals surface area contributed by atoms with Gasteiger partial charge in [-0.3, -0.25) is 0 Å². The summed E-state index contributed by atoms with van der Waals surface area (Å²) >= 11 is 1.85. The molecule has 2 rings (SSSR count). The summed E-state index contributed by atoms with van der Waals surface area (Å²) in [6, 6.07) is 6.18. The lowest BCUT2D eigenvalue weighted by Crippen LogP contribution is -2.19. The highest BCUT2D eigenvalue weighted by molar-refractivity contribution is 7.99. The van der Waals surface area contributed by atoms with Gasteiger partial charge in [-0.2, -0.15) is 0 Å². The minimum absolute atomic E-state index is 0.651. The summed E-state index contributed by atoms with van der Waals surface area (Å²) < 4.78 is 11.1. The molecule has 0 radical (unpaired) electrons. The molecule has 1 N–H and O–H groups in total. The van der Waals surface area contributed by atoms with Gasteiger partial charge in [0.15, 0.2) is 11.5 Å². The molecule has 0 bridgehead atoms. The van der Waals surface area contributed by atoms with Crippen LogP contribution in [0.2, 0.25) is 0 Å². The number of ether oxygens (including phenoxy) is 2. The van der Waals surface area contributed by atoms with Gasteiger partial charge in [-0.25, -0.2) is 0 Å². The van der Waals surface area contributed by atoms with E-state index in [9.17, 15) is 0 Å². The van der Waals surface area contributed by atoms with E-state index in [1.54, 1.807) is 0 Å². The van der Waals surface area contributed by atoms with Crippen molar-refractivity contribution in [1.82, 2.24) is 5.32 Å². The Balaban J connectivity index is 1.68. The van der Waals surface area contributed by atoms with Crippen molar-refractivity contribution >= 4 is 11.8 Å². The third kappa shape index (κ3) is 4.96. The lowest BCUT2D eigenvalue weighted by atomic mass is 10.1. The predicted octanol–water partition coefficient (Wildman–Crippen LogP) is 3.19. The van der Waals surface area contributed by atoms with Crippen molar-refractivity contribution in [1.29, 1.82) is 0 Å². The Morgan fingerprint density at radius 2 is 1.95 bits per heavy atom. The van der Waals surface area contributed by atoms with Crippen molar-refractivity contribution < 1.29 is 9.47 Å². The first-order valence-corrected chi connectivity index (χ1v) is 7.97. The first-order chi connectivity index (χ1) is 9.25. The Bertz CT molecular complexity index is 396. The van der Waals surface area contributed by atoms with Gasteiger partial charge >= 0.3 is 0 Å². The van der Waals surface area contributed by atoms with Crippen LogP contribution in [0.5, 0.6) is 11.5 Å². The Hall–Kier alpha value is -0.870. The first kappa shape index (κ1) is 14.5. The van der Waals surface area contributed by atoms with Crippen LogP contribution in [0.3, 0.4) is 0 Å². The van der Waals surface area contributed by atoms with E-state index in [4.69, 9.17) is 9.47 Å². The Kier molecular flexibility index (Phi) is 5.86. The van der Waals surface area contributed by atoms with Crippen LogP contribution < -0.4 is 14.8 Å². The van der Waals surface area contributed by atoms with E-state index in [0.717, 1.165) is 36.3 Å². The molecule has 0 spiro atoms. The molecule has 1 heterocycles. The summed E-state index contributed by atoms with van der Waals surface area (Å²) in [5, 5.41) is 3.47. The molecule has 0 aromatic heterocycles. The molecule has 3 nitrogen and oxygen atoms in total. The topological polar surface area (TPSA) is 30.5 Å². The fourth-order valence-electron chi connectivity index (χ4n) is 1.87. The zero-order valence-corrected chi connectivity index (χ0v) is 12.6. The average Bonchev–Trinajstić information content (AvgIpc) is 2.42. The Labute approximate surface area is 120 Å². The van der Waals surface area contributed by atoms with Gasteiger partial charge in [0.05, 0.1) is 0 Å². The second kappa shape index (κ2) is 7.65. The second-order valence-corrected chi connectivity index (χ2v) is 6.25. The summed E-state index contributed by atoms with van der Waals surface area (Å²) in [5.74, 6) is 3.60. The average molecular weight is 281 g/mol. The van der Waals surface area contributed by atoms with Crippen LogP contribution in [0.25, 0.3) is 0 Å². The maximum Gasteiger partial charge on any atom is 0.162 e. The lowest BCUT2D eigenvalue weighted by Gasteiger charge is -2.18. The van der Waals surface area contributed by atoms with E-state index in [1.165, 1.54) is 11.3 Å². The molecule has 0 saturated carbocycles. The minimum atomic E-state index is 0.651. The quantitative estimate of drug-likeness (QED) is 0.614. The van der Waals surface area contributed by atoms with Crippen LogP contribution in [0.15, 0.2) is 23.1 Å². The standard InChI is InChI=1S/C15H23NO2S/c1-12(2)5-6-16-7-10-19-13-3-4-14-15(11-13)18-9-8-17-14/h3-4,11-12,16H,5-10H2,1-2H3. The molecule has 1 aromatic rings. The molecule has 1 aromatic carbocycles. The summed E-state index contributed by atoms with van der Waals surface area (Å²) in [6.45, 7) is 7.97. The van der Waals surface area contributed by atoms with Crippen molar-refractivity contribution in [2.75, 3.05) is 32.1 Å². The second-order valence-electron chi connectivity index (χ2n) is 5.09. The van der Waals surface area contributed by atoms with Gasteiger partial charge in [0, 0.05) is 17.2 Å². The molecule has 106 valence electrons.